The zero-order chi connectivity index (χ0) is 29.6. The fourth-order valence-corrected chi connectivity index (χ4v) is 6.44. The summed E-state index contributed by atoms with van der Waals surface area (Å²) in [6.45, 7) is 0.366. The van der Waals surface area contributed by atoms with Crippen LogP contribution in [0.25, 0.3) is 0 Å². The predicted octanol–water partition coefficient (Wildman–Crippen LogP) is 7.38. The first kappa shape index (κ1) is 29.6. The van der Waals surface area contributed by atoms with Gasteiger partial charge in [-0.2, -0.15) is 5.26 Å². The predicted molar refractivity (Wildman–Crippen MR) is 166 cm³/mol. The van der Waals surface area contributed by atoms with Crippen molar-refractivity contribution in [3.8, 4) is 17.6 Å². The largest absolute Gasteiger partial charge is 0.493 e. The van der Waals surface area contributed by atoms with E-state index in [-0.39, 0.29) is 17.4 Å². The number of carbonyl (C=O) groups is 2. The molecule has 0 fully saturated rings. The number of halogens is 2. The number of hydrogen-bond acceptors (Lipinski definition) is 7. The molecular weight excluding hydrogens is 593 g/mol. The molecule has 214 valence electrons. The molecule has 0 bridgehead atoms. The normalized spacial score (nSPS) is 16.3. The summed E-state index contributed by atoms with van der Waals surface area (Å²) in [5, 5.41) is 17.8. The number of nitrogens with one attached hydrogen (secondary N) is 2. The van der Waals surface area contributed by atoms with Crippen LogP contribution in [0.15, 0.2) is 88.6 Å². The fraction of sp³-hybridized carbons (Fsp3) is 0.219. The topological polar surface area (TPSA) is 100 Å². The average Bonchev–Trinajstić information content (AvgIpc) is 2.98. The van der Waals surface area contributed by atoms with Crippen molar-refractivity contribution in [3.05, 3.63) is 110 Å². The Balaban J connectivity index is 1.42. The van der Waals surface area contributed by atoms with Crippen LogP contribution in [0.5, 0.6) is 11.5 Å². The van der Waals surface area contributed by atoms with E-state index >= 15 is 0 Å². The summed E-state index contributed by atoms with van der Waals surface area (Å²) in [5.74, 6) is 0.188. The number of allylic oxidation sites excluding steroid dienone is 3. The Bertz CT molecular complexity index is 1610. The summed E-state index contributed by atoms with van der Waals surface area (Å²) in [5.41, 5.74) is 3.96. The van der Waals surface area contributed by atoms with Gasteiger partial charge in [-0.1, -0.05) is 71.4 Å². The van der Waals surface area contributed by atoms with Gasteiger partial charge in [-0.3, -0.25) is 9.59 Å². The van der Waals surface area contributed by atoms with Gasteiger partial charge in [0.15, 0.2) is 17.3 Å². The van der Waals surface area contributed by atoms with Crippen LogP contribution >= 0.6 is 35.0 Å². The number of ether oxygens (including phenoxy) is 2. The van der Waals surface area contributed by atoms with Gasteiger partial charge in [0.1, 0.15) is 6.61 Å². The number of rotatable bonds is 9. The number of thioether (sulfide) groups is 1. The fourth-order valence-electron chi connectivity index (χ4n) is 5.05. The number of Topliss-reactive ketones (excluding diaryl/α,β-unsaturated/α-hetero) is 1. The standard InChI is InChI=1S/C32H27Cl2N3O4S/c1-40-28-12-20(10-11-27(28)41-17-19-6-3-2-4-7-19)30-24(16-35)32(37-25-8-5-9-26(38)31(25)30)42-18-29(39)36-23-14-21(33)13-22(34)15-23/h2-4,6-7,10-15,30,37H,5,8-9,17-18H2,1H3,(H,36,39)/t30-/m0/s1. The van der Waals surface area contributed by atoms with Crippen molar-refractivity contribution < 1.29 is 19.1 Å². The Labute approximate surface area is 258 Å². The van der Waals surface area contributed by atoms with Gasteiger partial charge in [-0.05, 0) is 54.3 Å². The zero-order valence-electron chi connectivity index (χ0n) is 22.7. The summed E-state index contributed by atoms with van der Waals surface area (Å²) < 4.78 is 11.7. The highest BCUT2D eigenvalue weighted by molar-refractivity contribution is 8.03. The molecule has 1 atom stereocenters. The lowest BCUT2D eigenvalue weighted by molar-refractivity contribution is -0.116. The lowest BCUT2D eigenvalue weighted by atomic mass is 9.77. The second kappa shape index (κ2) is 13.4. The monoisotopic (exact) mass is 619 g/mol. The summed E-state index contributed by atoms with van der Waals surface area (Å²) in [4.78, 5) is 26.0. The molecule has 0 saturated carbocycles. The second-order valence-corrected chi connectivity index (χ2v) is 11.6. The van der Waals surface area contributed by atoms with Gasteiger partial charge in [0, 0.05) is 33.4 Å². The number of dihydropyridines is 1. The van der Waals surface area contributed by atoms with Crippen molar-refractivity contribution in [2.75, 3.05) is 18.2 Å². The lowest BCUT2D eigenvalue weighted by Gasteiger charge is -2.33. The van der Waals surface area contributed by atoms with Crippen LogP contribution in [0.4, 0.5) is 5.69 Å². The Morgan fingerprint density at radius 2 is 1.83 bits per heavy atom. The van der Waals surface area contributed by atoms with Crippen LogP contribution in [0.3, 0.4) is 0 Å². The summed E-state index contributed by atoms with van der Waals surface area (Å²) in [6, 6.07) is 22.4. The maximum Gasteiger partial charge on any atom is 0.234 e. The quantitative estimate of drug-likeness (QED) is 0.258. The Morgan fingerprint density at radius 1 is 1.07 bits per heavy atom. The molecule has 3 aromatic rings. The number of benzene rings is 3. The Hall–Kier alpha value is -3.90. The van der Waals surface area contributed by atoms with E-state index < -0.39 is 5.92 Å². The van der Waals surface area contributed by atoms with E-state index in [1.165, 1.54) is 11.8 Å². The van der Waals surface area contributed by atoms with Gasteiger partial charge in [0.05, 0.1) is 35.5 Å². The van der Waals surface area contributed by atoms with Gasteiger partial charge < -0.3 is 20.1 Å². The molecular formula is C32H27Cl2N3O4S. The highest BCUT2D eigenvalue weighted by atomic mass is 35.5. The summed E-state index contributed by atoms with van der Waals surface area (Å²) >= 11 is 13.3. The molecule has 0 radical (unpaired) electrons. The number of carbonyl (C=O) groups excluding carboxylic acids is 2. The van der Waals surface area contributed by atoms with Crippen molar-refractivity contribution in [2.24, 2.45) is 0 Å². The van der Waals surface area contributed by atoms with Gasteiger partial charge in [0.25, 0.3) is 0 Å². The molecule has 0 saturated heterocycles. The Morgan fingerprint density at radius 3 is 2.55 bits per heavy atom. The number of ketones is 1. The van der Waals surface area contributed by atoms with Crippen LogP contribution in [0.1, 0.15) is 36.3 Å². The average molecular weight is 621 g/mol. The van der Waals surface area contributed by atoms with Gasteiger partial charge in [0.2, 0.25) is 5.91 Å². The number of methoxy groups -OCH3 is 1. The molecule has 2 aliphatic rings. The van der Waals surface area contributed by atoms with Crippen LogP contribution < -0.4 is 20.1 Å². The van der Waals surface area contributed by atoms with E-state index in [4.69, 9.17) is 32.7 Å². The Kier molecular flexibility index (Phi) is 9.43. The molecule has 1 amide bonds. The second-order valence-electron chi connectivity index (χ2n) is 9.76. The van der Waals surface area contributed by atoms with E-state index in [0.29, 0.717) is 69.3 Å². The van der Waals surface area contributed by atoms with E-state index in [1.807, 2.05) is 42.5 Å². The van der Waals surface area contributed by atoms with E-state index in [9.17, 15) is 14.9 Å². The summed E-state index contributed by atoms with van der Waals surface area (Å²) in [7, 11) is 1.56. The van der Waals surface area contributed by atoms with Gasteiger partial charge >= 0.3 is 0 Å². The molecule has 10 heteroatoms. The van der Waals surface area contributed by atoms with E-state index in [0.717, 1.165) is 16.8 Å². The SMILES string of the molecule is COc1cc([C@H]2C(C#N)=C(SCC(=O)Nc3cc(Cl)cc(Cl)c3)NC3=C2C(=O)CCC3)ccc1OCc1ccccc1. The third-order valence-corrected chi connectivity index (χ3v) is 8.37. The first-order chi connectivity index (χ1) is 20.4. The minimum Gasteiger partial charge on any atom is -0.493 e. The van der Waals surface area contributed by atoms with Crippen molar-refractivity contribution in [1.82, 2.24) is 5.32 Å². The third-order valence-electron chi connectivity index (χ3n) is 6.92. The maximum absolute atomic E-state index is 13.2. The number of nitriles is 1. The number of anilines is 1. The molecule has 0 unspecified atom stereocenters. The molecule has 1 aliphatic heterocycles. The molecule has 2 N–H and O–H groups in total. The number of amides is 1. The van der Waals surface area contributed by atoms with Gasteiger partial charge in [-0.15, -0.1) is 0 Å². The first-order valence-electron chi connectivity index (χ1n) is 13.3. The number of hydrogen-bond donors (Lipinski definition) is 2. The molecule has 3 aromatic carbocycles. The minimum absolute atomic E-state index is 0.00417. The highest BCUT2D eigenvalue weighted by Crippen LogP contribution is 2.45. The number of nitrogens with zero attached hydrogens (tertiary/aromatic N) is 1. The first-order valence-corrected chi connectivity index (χ1v) is 15.0. The van der Waals surface area contributed by atoms with Gasteiger partial charge in [-0.25, -0.2) is 0 Å². The van der Waals surface area contributed by atoms with Crippen molar-refractivity contribution in [3.63, 3.8) is 0 Å². The smallest absolute Gasteiger partial charge is 0.234 e. The van der Waals surface area contributed by atoms with E-state index in [2.05, 4.69) is 16.7 Å². The highest BCUT2D eigenvalue weighted by Gasteiger charge is 2.37. The van der Waals surface area contributed by atoms with E-state index in [1.54, 1.807) is 31.4 Å². The maximum atomic E-state index is 13.2. The summed E-state index contributed by atoms with van der Waals surface area (Å²) in [6.07, 6.45) is 1.80. The zero-order valence-corrected chi connectivity index (χ0v) is 25.0. The molecule has 42 heavy (non-hydrogen) atoms. The molecule has 7 nitrogen and oxygen atoms in total. The van der Waals surface area contributed by atoms with Crippen LogP contribution in [-0.4, -0.2) is 24.6 Å². The van der Waals surface area contributed by atoms with Crippen molar-refractivity contribution in [1.29, 1.82) is 5.26 Å². The van der Waals surface area contributed by atoms with Crippen molar-refractivity contribution >= 4 is 52.3 Å². The van der Waals surface area contributed by atoms with Crippen LogP contribution in [0.2, 0.25) is 10.0 Å². The molecule has 0 spiro atoms. The third kappa shape index (κ3) is 6.76. The molecule has 1 heterocycles. The molecule has 0 aromatic heterocycles. The lowest BCUT2D eigenvalue weighted by Crippen LogP contribution is -2.31. The van der Waals surface area contributed by atoms with Crippen LogP contribution in [-0.2, 0) is 16.2 Å². The minimum atomic E-state index is -0.603. The molecule has 1 aliphatic carbocycles. The van der Waals surface area contributed by atoms with Crippen LogP contribution in [0, 0.1) is 11.3 Å². The molecule has 5 rings (SSSR count). The van der Waals surface area contributed by atoms with Crippen molar-refractivity contribution in [2.45, 2.75) is 31.8 Å².